The van der Waals surface area contributed by atoms with Gasteiger partial charge in [0.25, 0.3) is 0 Å². The van der Waals surface area contributed by atoms with Crippen molar-refractivity contribution in [1.82, 2.24) is 9.97 Å². The van der Waals surface area contributed by atoms with Crippen LogP contribution in [0.15, 0.2) is 17.1 Å². The number of aromatic nitrogens is 2. The molecule has 0 saturated heterocycles. The first kappa shape index (κ1) is 9.51. The summed E-state index contributed by atoms with van der Waals surface area (Å²) in [6, 6.07) is 1.36. The number of H-pyrrole nitrogens is 2. The first-order chi connectivity index (χ1) is 7.15. The summed E-state index contributed by atoms with van der Waals surface area (Å²) >= 11 is 0. The first-order valence-corrected chi connectivity index (χ1v) is 4.60. The third-order valence-corrected chi connectivity index (χ3v) is 2.35. The van der Waals surface area contributed by atoms with Gasteiger partial charge in [-0.2, -0.15) is 0 Å². The van der Waals surface area contributed by atoms with Gasteiger partial charge in [0.1, 0.15) is 11.1 Å². The summed E-state index contributed by atoms with van der Waals surface area (Å²) in [5, 5.41) is 9.03. The number of aryl methyl sites for hydroxylation is 1. The lowest BCUT2D eigenvalue weighted by Gasteiger charge is -1.94. The molecule has 0 saturated carbocycles. The molecule has 3 N–H and O–H groups in total. The Morgan fingerprint density at radius 3 is 2.80 bits per heavy atom. The molecule has 0 fully saturated rings. The zero-order valence-electron chi connectivity index (χ0n) is 8.13. The van der Waals surface area contributed by atoms with Crippen LogP contribution < -0.4 is 5.43 Å². The molecule has 0 aliphatic heterocycles. The molecule has 0 radical (unpaired) electrons. The SMILES string of the molecule is CCc1[nH]c2c(=O)cc[nH]c2c1C(=O)O. The van der Waals surface area contributed by atoms with Gasteiger partial charge in [0.15, 0.2) is 0 Å². The van der Waals surface area contributed by atoms with Gasteiger partial charge >= 0.3 is 5.97 Å². The molecule has 2 aromatic heterocycles. The van der Waals surface area contributed by atoms with Crippen molar-refractivity contribution in [3.05, 3.63) is 33.7 Å². The second-order valence-corrected chi connectivity index (χ2v) is 3.23. The molecule has 0 aliphatic carbocycles. The minimum atomic E-state index is -1.03. The van der Waals surface area contributed by atoms with E-state index in [1.807, 2.05) is 6.92 Å². The number of aromatic amines is 2. The zero-order valence-corrected chi connectivity index (χ0v) is 8.13. The smallest absolute Gasteiger partial charge is 0.339 e. The molecular weight excluding hydrogens is 196 g/mol. The zero-order chi connectivity index (χ0) is 11.0. The Balaban J connectivity index is 2.92. The van der Waals surface area contributed by atoms with E-state index in [-0.39, 0.29) is 11.0 Å². The summed E-state index contributed by atoms with van der Waals surface area (Å²) in [4.78, 5) is 28.1. The summed E-state index contributed by atoms with van der Waals surface area (Å²) in [6.07, 6.45) is 1.99. The second kappa shape index (κ2) is 3.27. The maximum absolute atomic E-state index is 11.4. The fraction of sp³-hybridized carbons (Fsp3) is 0.200. The highest BCUT2D eigenvalue weighted by Gasteiger charge is 2.17. The topological polar surface area (TPSA) is 86.0 Å². The third kappa shape index (κ3) is 1.32. The van der Waals surface area contributed by atoms with E-state index >= 15 is 0 Å². The lowest BCUT2D eigenvalue weighted by Crippen LogP contribution is -2.01. The van der Waals surface area contributed by atoms with Crippen molar-refractivity contribution in [3.63, 3.8) is 0 Å². The fourth-order valence-corrected chi connectivity index (χ4v) is 1.67. The number of carboxylic acids is 1. The highest BCUT2D eigenvalue weighted by molar-refractivity contribution is 6.02. The van der Waals surface area contributed by atoms with Crippen molar-refractivity contribution in [2.45, 2.75) is 13.3 Å². The number of hydrogen-bond donors (Lipinski definition) is 3. The van der Waals surface area contributed by atoms with E-state index in [4.69, 9.17) is 5.11 Å². The Hall–Kier alpha value is -2.04. The maximum Gasteiger partial charge on any atom is 0.339 e. The van der Waals surface area contributed by atoms with Crippen LogP contribution in [0.4, 0.5) is 0 Å². The van der Waals surface area contributed by atoms with E-state index in [1.54, 1.807) is 0 Å². The van der Waals surface area contributed by atoms with E-state index in [1.165, 1.54) is 12.3 Å². The molecule has 78 valence electrons. The van der Waals surface area contributed by atoms with Gasteiger partial charge in [-0.25, -0.2) is 4.79 Å². The van der Waals surface area contributed by atoms with Crippen molar-refractivity contribution >= 4 is 17.0 Å². The Labute approximate surface area is 84.8 Å². The van der Waals surface area contributed by atoms with Crippen molar-refractivity contribution in [2.24, 2.45) is 0 Å². The Morgan fingerprint density at radius 1 is 1.47 bits per heavy atom. The van der Waals surface area contributed by atoms with Crippen LogP contribution in [-0.4, -0.2) is 21.0 Å². The summed E-state index contributed by atoms with van der Waals surface area (Å²) < 4.78 is 0. The molecule has 2 rings (SSSR count). The fourth-order valence-electron chi connectivity index (χ4n) is 1.67. The normalized spacial score (nSPS) is 10.7. The van der Waals surface area contributed by atoms with E-state index in [0.29, 0.717) is 23.1 Å². The van der Waals surface area contributed by atoms with Crippen LogP contribution in [0.25, 0.3) is 11.0 Å². The number of hydrogen-bond acceptors (Lipinski definition) is 2. The molecule has 0 atom stereocenters. The van der Waals surface area contributed by atoms with Gasteiger partial charge in [-0.05, 0) is 6.42 Å². The first-order valence-electron chi connectivity index (χ1n) is 4.60. The Morgan fingerprint density at radius 2 is 2.20 bits per heavy atom. The highest BCUT2D eigenvalue weighted by atomic mass is 16.4. The molecule has 15 heavy (non-hydrogen) atoms. The van der Waals surface area contributed by atoms with E-state index in [0.717, 1.165) is 0 Å². The predicted octanol–water partition coefficient (Wildman–Crippen LogP) is 1.12. The number of carboxylic acid groups (broad SMARTS) is 1. The molecule has 0 amide bonds. The van der Waals surface area contributed by atoms with Crippen LogP contribution in [0.1, 0.15) is 23.0 Å². The lowest BCUT2D eigenvalue weighted by molar-refractivity contribution is 0.0697. The largest absolute Gasteiger partial charge is 0.478 e. The minimum absolute atomic E-state index is 0.158. The number of nitrogens with one attached hydrogen (secondary N) is 2. The minimum Gasteiger partial charge on any atom is -0.478 e. The monoisotopic (exact) mass is 206 g/mol. The van der Waals surface area contributed by atoms with E-state index in [9.17, 15) is 9.59 Å². The molecule has 2 aromatic rings. The highest BCUT2D eigenvalue weighted by Crippen LogP contribution is 2.18. The van der Waals surface area contributed by atoms with Crippen molar-refractivity contribution < 1.29 is 9.90 Å². The van der Waals surface area contributed by atoms with Crippen LogP contribution >= 0.6 is 0 Å². The number of pyridine rings is 1. The van der Waals surface area contributed by atoms with Crippen LogP contribution in [-0.2, 0) is 6.42 Å². The summed E-state index contributed by atoms with van der Waals surface area (Å²) in [5.74, 6) is -1.03. The third-order valence-electron chi connectivity index (χ3n) is 2.35. The Kier molecular flexibility index (Phi) is 2.07. The molecule has 0 unspecified atom stereocenters. The van der Waals surface area contributed by atoms with Gasteiger partial charge in [-0.1, -0.05) is 6.92 Å². The predicted molar refractivity (Wildman–Crippen MR) is 55.3 cm³/mol. The van der Waals surface area contributed by atoms with Crippen molar-refractivity contribution in [1.29, 1.82) is 0 Å². The molecule has 2 heterocycles. The number of rotatable bonds is 2. The summed E-state index contributed by atoms with van der Waals surface area (Å²) in [6.45, 7) is 1.83. The van der Waals surface area contributed by atoms with Gasteiger partial charge in [0, 0.05) is 18.0 Å². The van der Waals surface area contributed by atoms with E-state index in [2.05, 4.69) is 9.97 Å². The lowest BCUT2D eigenvalue weighted by atomic mass is 10.2. The van der Waals surface area contributed by atoms with Gasteiger partial charge in [-0.15, -0.1) is 0 Å². The van der Waals surface area contributed by atoms with Gasteiger partial charge < -0.3 is 15.1 Å². The van der Waals surface area contributed by atoms with Crippen LogP contribution in [0, 0.1) is 0 Å². The number of aromatic carboxylic acids is 1. The van der Waals surface area contributed by atoms with Gasteiger partial charge in [-0.3, -0.25) is 4.79 Å². The molecule has 5 heteroatoms. The quantitative estimate of drug-likeness (QED) is 0.688. The molecule has 5 nitrogen and oxygen atoms in total. The average molecular weight is 206 g/mol. The number of carbonyl (C=O) groups is 1. The standard InChI is InChI=1S/C10H10N2O3/c1-2-5-7(10(14)15)9-8(12-5)6(13)3-4-11-9/h3-4,12H,2H2,1H3,(H,11,13)(H,14,15). The second-order valence-electron chi connectivity index (χ2n) is 3.23. The van der Waals surface area contributed by atoms with Gasteiger partial charge in [0.05, 0.1) is 5.52 Å². The molecule has 0 aromatic carbocycles. The molecule has 0 aliphatic rings. The van der Waals surface area contributed by atoms with Crippen LogP contribution in [0.5, 0.6) is 0 Å². The summed E-state index contributed by atoms with van der Waals surface area (Å²) in [7, 11) is 0. The Bertz CT molecular complexity index is 580. The summed E-state index contributed by atoms with van der Waals surface area (Å²) in [5.41, 5.74) is 1.21. The number of fused-ring (bicyclic) bond motifs is 1. The van der Waals surface area contributed by atoms with Crippen LogP contribution in [0.3, 0.4) is 0 Å². The van der Waals surface area contributed by atoms with Crippen LogP contribution in [0.2, 0.25) is 0 Å². The van der Waals surface area contributed by atoms with Gasteiger partial charge in [0.2, 0.25) is 5.43 Å². The van der Waals surface area contributed by atoms with Crippen molar-refractivity contribution in [2.75, 3.05) is 0 Å². The molecule has 0 bridgehead atoms. The van der Waals surface area contributed by atoms with Crippen molar-refractivity contribution in [3.8, 4) is 0 Å². The molecular formula is C10H10N2O3. The van der Waals surface area contributed by atoms with E-state index < -0.39 is 5.97 Å². The maximum atomic E-state index is 11.4. The average Bonchev–Trinajstić information content (AvgIpc) is 2.57. The molecule has 0 spiro atoms.